The van der Waals surface area contributed by atoms with Gasteiger partial charge in [0.05, 0.1) is 0 Å². The molecule has 1 heterocycles. The van der Waals surface area contributed by atoms with Gasteiger partial charge in [-0.2, -0.15) is 0 Å². The van der Waals surface area contributed by atoms with Crippen LogP contribution in [0, 0.1) is 12.3 Å². The molecule has 0 aliphatic carbocycles. The van der Waals surface area contributed by atoms with Crippen molar-refractivity contribution < 1.29 is 23.8 Å². The molecule has 0 atom stereocenters. The summed E-state index contributed by atoms with van der Waals surface area (Å²) in [6, 6.07) is 6.76. The van der Waals surface area contributed by atoms with E-state index in [-0.39, 0.29) is 12.2 Å². The third-order valence-corrected chi connectivity index (χ3v) is 2.63. The molecule has 1 aliphatic heterocycles. The normalized spacial score (nSPS) is 16.5. The molecule has 0 amide bonds. The van der Waals surface area contributed by atoms with Gasteiger partial charge in [0.2, 0.25) is 0 Å². The van der Waals surface area contributed by atoms with E-state index in [2.05, 4.69) is 5.92 Å². The number of esters is 2. The minimum Gasteiger partial charge on any atom is -0.481 e. The van der Waals surface area contributed by atoms with E-state index in [1.54, 1.807) is 24.3 Å². The van der Waals surface area contributed by atoms with Gasteiger partial charge in [-0.05, 0) is 23.8 Å². The highest BCUT2D eigenvalue weighted by molar-refractivity contribution is 6.18. The van der Waals surface area contributed by atoms with E-state index in [1.165, 1.54) is 19.9 Å². The fraction of sp³-hybridized carbons (Fsp3) is 0.250. The summed E-state index contributed by atoms with van der Waals surface area (Å²) in [6.45, 7) is 3.17. The molecule has 0 saturated carbocycles. The van der Waals surface area contributed by atoms with Gasteiger partial charge in [-0.3, -0.25) is 0 Å². The zero-order valence-corrected chi connectivity index (χ0v) is 11.7. The van der Waals surface area contributed by atoms with Crippen LogP contribution in [-0.4, -0.2) is 24.3 Å². The van der Waals surface area contributed by atoms with E-state index in [0.29, 0.717) is 11.3 Å². The van der Waals surface area contributed by atoms with Crippen molar-refractivity contribution in [1.29, 1.82) is 0 Å². The molecule has 1 aliphatic rings. The molecule has 1 aromatic carbocycles. The molecule has 1 saturated heterocycles. The van der Waals surface area contributed by atoms with Crippen molar-refractivity contribution in [3.63, 3.8) is 0 Å². The molecule has 0 N–H and O–H groups in total. The van der Waals surface area contributed by atoms with Crippen LogP contribution in [0.15, 0.2) is 29.8 Å². The zero-order chi connectivity index (χ0) is 15.5. The van der Waals surface area contributed by atoms with Gasteiger partial charge in [0.25, 0.3) is 5.79 Å². The topological polar surface area (TPSA) is 61.8 Å². The summed E-state index contributed by atoms with van der Waals surface area (Å²) in [5.74, 6) is 0.314. The summed E-state index contributed by atoms with van der Waals surface area (Å²) < 4.78 is 15.2. The van der Waals surface area contributed by atoms with Crippen molar-refractivity contribution >= 4 is 18.0 Å². The number of hydrogen-bond acceptors (Lipinski definition) is 5. The van der Waals surface area contributed by atoms with Gasteiger partial charge in [-0.25, -0.2) is 9.59 Å². The molecule has 5 heteroatoms. The van der Waals surface area contributed by atoms with Crippen LogP contribution in [0.25, 0.3) is 6.08 Å². The van der Waals surface area contributed by atoms with E-state index < -0.39 is 17.7 Å². The zero-order valence-electron chi connectivity index (χ0n) is 11.7. The minimum absolute atomic E-state index is 0.147. The second-order valence-corrected chi connectivity index (χ2v) is 4.80. The molecule has 5 nitrogen and oxygen atoms in total. The molecule has 2 rings (SSSR count). The highest BCUT2D eigenvalue weighted by Gasteiger charge is 2.38. The molecule has 0 aromatic heterocycles. The second kappa shape index (κ2) is 5.71. The van der Waals surface area contributed by atoms with Gasteiger partial charge in [-0.15, -0.1) is 6.42 Å². The molecule has 0 bridgehead atoms. The number of terminal acetylenes is 1. The van der Waals surface area contributed by atoms with Crippen molar-refractivity contribution in [2.24, 2.45) is 0 Å². The Hall–Kier alpha value is -2.74. The highest BCUT2D eigenvalue weighted by atomic mass is 16.7. The SMILES string of the molecule is C#CCOc1ccc(C=C2C(=O)OC(C)(C)OC2=O)cc1. The number of rotatable bonds is 3. The monoisotopic (exact) mass is 286 g/mol. The summed E-state index contributed by atoms with van der Waals surface area (Å²) in [4.78, 5) is 23.6. The first kappa shape index (κ1) is 14.7. The number of cyclic esters (lactones) is 2. The lowest BCUT2D eigenvalue weighted by atomic mass is 10.1. The number of carbonyl (C=O) groups is 2. The van der Waals surface area contributed by atoms with E-state index in [1.807, 2.05) is 0 Å². The lowest BCUT2D eigenvalue weighted by Gasteiger charge is -2.29. The van der Waals surface area contributed by atoms with Crippen molar-refractivity contribution in [2.45, 2.75) is 19.6 Å². The smallest absolute Gasteiger partial charge is 0.348 e. The predicted octanol–water partition coefficient (Wildman–Crippen LogP) is 1.92. The lowest BCUT2D eigenvalue weighted by molar-refractivity contribution is -0.222. The molecular weight excluding hydrogens is 272 g/mol. The van der Waals surface area contributed by atoms with Crippen molar-refractivity contribution in [3.8, 4) is 18.1 Å². The fourth-order valence-electron chi connectivity index (χ4n) is 1.73. The fourth-order valence-corrected chi connectivity index (χ4v) is 1.73. The Kier molecular flexibility index (Phi) is 3.99. The first-order valence-electron chi connectivity index (χ1n) is 6.26. The number of benzene rings is 1. The molecular formula is C16H14O5. The molecule has 0 spiro atoms. The van der Waals surface area contributed by atoms with Crippen LogP contribution in [0.5, 0.6) is 5.75 Å². The Morgan fingerprint density at radius 1 is 1.19 bits per heavy atom. The Labute approximate surface area is 122 Å². The van der Waals surface area contributed by atoms with Crippen LogP contribution in [0.3, 0.4) is 0 Å². The van der Waals surface area contributed by atoms with Crippen molar-refractivity contribution in [2.75, 3.05) is 6.61 Å². The Balaban J connectivity index is 2.18. The lowest BCUT2D eigenvalue weighted by Crippen LogP contribution is -2.41. The van der Waals surface area contributed by atoms with Crippen molar-refractivity contribution in [3.05, 3.63) is 35.4 Å². The maximum absolute atomic E-state index is 11.8. The third-order valence-electron chi connectivity index (χ3n) is 2.63. The number of ether oxygens (including phenoxy) is 3. The first-order chi connectivity index (χ1) is 9.91. The van der Waals surface area contributed by atoms with Gasteiger partial charge >= 0.3 is 11.9 Å². The summed E-state index contributed by atoms with van der Waals surface area (Å²) in [5.41, 5.74) is 0.498. The molecule has 108 valence electrons. The average molecular weight is 286 g/mol. The third kappa shape index (κ3) is 3.63. The van der Waals surface area contributed by atoms with E-state index in [9.17, 15) is 9.59 Å². The number of carbonyl (C=O) groups excluding carboxylic acids is 2. The van der Waals surface area contributed by atoms with Crippen LogP contribution >= 0.6 is 0 Å². The van der Waals surface area contributed by atoms with Crippen LogP contribution in [0.1, 0.15) is 19.4 Å². The maximum atomic E-state index is 11.8. The predicted molar refractivity (Wildman–Crippen MR) is 75.0 cm³/mol. The summed E-state index contributed by atoms with van der Waals surface area (Å²) in [6.07, 6.45) is 6.50. The quantitative estimate of drug-likeness (QED) is 0.368. The molecule has 1 fully saturated rings. The van der Waals surface area contributed by atoms with Crippen LogP contribution in [0.4, 0.5) is 0 Å². The minimum atomic E-state index is -1.24. The van der Waals surface area contributed by atoms with Crippen LogP contribution in [0.2, 0.25) is 0 Å². The van der Waals surface area contributed by atoms with Crippen LogP contribution in [-0.2, 0) is 19.1 Å². The second-order valence-electron chi connectivity index (χ2n) is 4.80. The highest BCUT2D eigenvalue weighted by Crippen LogP contribution is 2.24. The Morgan fingerprint density at radius 2 is 1.76 bits per heavy atom. The molecule has 1 aromatic rings. The van der Waals surface area contributed by atoms with Gasteiger partial charge in [0.15, 0.2) is 0 Å². The molecule has 0 radical (unpaired) electrons. The van der Waals surface area contributed by atoms with E-state index in [0.717, 1.165) is 0 Å². The van der Waals surface area contributed by atoms with E-state index >= 15 is 0 Å². The van der Waals surface area contributed by atoms with Crippen LogP contribution < -0.4 is 4.74 Å². The van der Waals surface area contributed by atoms with Gasteiger partial charge in [0.1, 0.15) is 17.9 Å². The van der Waals surface area contributed by atoms with Gasteiger partial charge in [-0.1, -0.05) is 18.1 Å². The summed E-state index contributed by atoms with van der Waals surface area (Å²) >= 11 is 0. The first-order valence-corrected chi connectivity index (χ1v) is 6.26. The molecule has 0 unspecified atom stereocenters. The summed E-state index contributed by atoms with van der Waals surface area (Å²) in [7, 11) is 0. The maximum Gasteiger partial charge on any atom is 0.348 e. The average Bonchev–Trinajstić information content (AvgIpc) is 2.41. The van der Waals surface area contributed by atoms with Gasteiger partial charge in [0, 0.05) is 13.8 Å². The summed E-state index contributed by atoms with van der Waals surface area (Å²) in [5, 5.41) is 0. The molecule has 21 heavy (non-hydrogen) atoms. The Bertz CT molecular complexity index is 610. The number of hydrogen-bond donors (Lipinski definition) is 0. The standard InChI is InChI=1S/C16H14O5/c1-4-9-19-12-7-5-11(6-8-12)10-13-14(17)20-16(2,3)21-15(13)18/h1,5-8,10H,9H2,2-3H3. The largest absolute Gasteiger partial charge is 0.481 e. The van der Waals surface area contributed by atoms with Gasteiger partial charge < -0.3 is 14.2 Å². The van der Waals surface area contributed by atoms with Crippen molar-refractivity contribution in [1.82, 2.24) is 0 Å². The Morgan fingerprint density at radius 3 is 2.29 bits per heavy atom. The van der Waals surface area contributed by atoms with E-state index in [4.69, 9.17) is 20.6 Å².